The van der Waals surface area contributed by atoms with Gasteiger partial charge in [-0.3, -0.25) is 0 Å². The van der Waals surface area contributed by atoms with Crippen LogP contribution in [0, 0.1) is 5.41 Å². The maximum absolute atomic E-state index is 9.32. The summed E-state index contributed by atoms with van der Waals surface area (Å²) in [5.41, 5.74) is 0.470. The Labute approximate surface area is 117 Å². The quantitative estimate of drug-likeness (QED) is 0.840. The van der Waals surface area contributed by atoms with Crippen molar-refractivity contribution in [2.75, 3.05) is 18.5 Å². The van der Waals surface area contributed by atoms with E-state index in [1.165, 1.54) is 0 Å². The summed E-state index contributed by atoms with van der Waals surface area (Å²) in [5, 5.41) is 14.0. The van der Waals surface area contributed by atoms with Gasteiger partial charge in [0.05, 0.1) is 22.3 Å². The molecule has 2 nitrogen and oxygen atoms in total. The van der Waals surface area contributed by atoms with Crippen molar-refractivity contribution >= 4 is 40.5 Å². The molecule has 96 valence electrons. The molecule has 2 N–H and O–H groups in total. The van der Waals surface area contributed by atoms with E-state index in [2.05, 4.69) is 5.32 Å². The van der Waals surface area contributed by atoms with E-state index in [1.807, 2.05) is 13.8 Å². The van der Waals surface area contributed by atoms with Crippen molar-refractivity contribution in [3.05, 3.63) is 27.2 Å². The van der Waals surface area contributed by atoms with Crippen LogP contribution in [-0.4, -0.2) is 18.3 Å². The average molecular weight is 297 g/mol. The molecule has 0 saturated heterocycles. The van der Waals surface area contributed by atoms with Crippen LogP contribution in [0.15, 0.2) is 12.1 Å². The van der Waals surface area contributed by atoms with Crippen molar-refractivity contribution in [2.24, 2.45) is 5.41 Å². The third kappa shape index (κ3) is 3.92. The van der Waals surface area contributed by atoms with E-state index >= 15 is 0 Å². The topological polar surface area (TPSA) is 32.3 Å². The Kier molecular flexibility index (Phi) is 5.39. The predicted octanol–water partition coefficient (Wildman–Crippen LogP) is 4.47. The smallest absolute Gasteiger partial charge is 0.0720 e. The van der Waals surface area contributed by atoms with Gasteiger partial charge in [-0.2, -0.15) is 0 Å². The number of aliphatic hydroxyl groups is 1. The summed E-state index contributed by atoms with van der Waals surface area (Å²) >= 11 is 17.9. The molecular weight excluding hydrogens is 280 g/mol. The number of anilines is 1. The number of halogens is 3. The molecule has 0 spiro atoms. The summed E-state index contributed by atoms with van der Waals surface area (Å²) < 4.78 is 0. The number of nitrogens with one attached hydrogen (secondary N) is 1. The maximum Gasteiger partial charge on any atom is 0.0720 e. The average Bonchev–Trinajstić information content (AvgIpc) is 2.27. The van der Waals surface area contributed by atoms with E-state index in [0.29, 0.717) is 27.3 Å². The number of rotatable bonds is 5. The Morgan fingerprint density at radius 3 is 2.18 bits per heavy atom. The minimum atomic E-state index is -0.188. The lowest BCUT2D eigenvalue weighted by molar-refractivity contribution is 0.149. The summed E-state index contributed by atoms with van der Waals surface area (Å²) in [6, 6.07) is 3.28. The molecule has 1 aromatic rings. The summed E-state index contributed by atoms with van der Waals surface area (Å²) in [6.07, 6.45) is 0.860. The van der Waals surface area contributed by atoms with Crippen molar-refractivity contribution in [1.82, 2.24) is 0 Å². The highest BCUT2D eigenvalue weighted by molar-refractivity contribution is 6.41. The molecule has 17 heavy (non-hydrogen) atoms. The van der Waals surface area contributed by atoms with E-state index in [0.717, 1.165) is 6.42 Å². The van der Waals surface area contributed by atoms with Crippen LogP contribution in [0.3, 0.4) is 0 Å². The van der Waals surface area contributed by atoms with Crippen molar-refractivity contribution in [2.45, 2.75) is 20.3 Å². The SMILES string of the molecule is CCC(C)(CO)CNc1c(Cl)cc(Cl)cc1Cl. The maximum atomic E-state index is 9.32. The molecule has 0 fully saturated rings. The molecule has 0 aromatic heterocycles. The molecule has 1 aromatic carbocycles. The fourth-order valence-corrected chi connectivity index (χ4v) is 2.26. The molecule has 0 saturated carbocycles. The highest BCUT2D eigenvalue weighted by Gasteiger charge is 2.21. The molecule has 0 aliphatic heterocycles. The number of aliphatic hydroxyl groups excluding tert-OH is 1. The first-order valence-corrected chi connectivity index (χ1v) is 6.54. The van der Waals surface area contributed by atoms with Crippen molar-refractivity contribution in [1.29, 1.82) is 0 Å². The van der Waals surface area contributed by atoms with Gasteiger partial charge in [0.25, 0.3) is 0 Å². The van der Waals surface area contributed by atoms with Gasteiger partial charge in [-0.15, -0.1) is 0 Å². The van der Waals surface area contributed by atoms with Gasteiger partial charge in [0.15, 0.2) is 0 Å². The van der Waals surface area contributed by atoms with Crippen LogP contribution < -0.4 is 5.32 Å². The molecule has 0 amide bonds. The van der Waals surface area contributed by atoms with Crippen LogP contribution in [0.25, 0.3) is 0 Å². The van der Waals surface area contributed by atoms with Gasteiger partial charge in [0, 0.05) is 17.0 Å². The van der Waals surface area contributed by atoms with Crippen molar-refractivity contribution < 1.29 is 5.11 Å². The van der Waals surface area contributed by atoms with Crippen LogP contribution in [0.5, 0.6) is 0 Å². The highest BCUT2D eigenvalue weighted by Crippen LogP contribution is 2.34. The van der Waals surface area contributed by atoms with E-state index in [4.69, 9.17) is 34.8 Å². The second-order valence-electron chi connectivity index (χ2n) is 4.42. The molecule has 1 rings (SSSR count). The summed E-state index contributed by atoms with van der Waals surface area (Å²) in [7, 11) is 0. The third-order valence-corrected chi connectivity index (χ3v) is 3.75. The van der Waals surface area contributed by atoms with Gasteiger partial charge >= 0.3 is 0 Å². The van der Waals surface area contributed by atoms with Crippen molar-refractivity contribution in [3.8, 4) is 0 Å². The number of benzene rings is 1. The minimum Gasteiger partial charge on any atom is -0.396 e. The predicted molar refractivity (Wildman–Crippen MR) is 75.4 cm³/mol. The van der Waals surface area contributed by atoms with Crippen LogP contribution in [-0.2, 0) is 0 Å². The second kappa shape index (κ2) is 6.14. The van der Waals surface area contributed by atoms with Crippen LogP contribution in [0.1, 0.15) is 20.3 Å². The van der Waals surface area contributed by atoms with E-state index in [9.17, 15) is 5.11 Å². The number of hydrogen-bond acceptors (Lipinski definition) is 2. The molecule has 0 radical (unpaired) electrons. The second-order valence-corrected chi connectivity index (χ2v) is 5.67. The molecular formula is C12H16Cl3NO. The fourth-order valence-electron chi connectivity index (χ4n) is 1.31. The zero-order chi connectivity index (χ0) is 13.1. The molecule has 0 bridgehead atoms. The van der Waals surface area contributed by atoms with Crippen molar-refractivity contribution in [3.63, 3.8) is 0 Å². The minimum absolute atomic E-state index is 0.110. The van der Waals surface area contributed by atoms with Gasteiger partial charge in [-0.25, -0.2) is 0 Å². The van der Waals surface area contributed by atoms with E-state index in [-0.39, 0.29) is 12.0 Å². The Hall–Kier alpha value is -0.150. The normalized spacial score (nSPS) is 14.5. The Balaban J connectivity index is 2.83. The standard InChI is InChI=1S/C12H16Cl3NO/c1-3-12(2,7-17)6-16-11-9(14)4-8(13)5-10(11)15/h4-5,16-17H,3,6-7H2,1-2H3. The zero-order valence-corrected chi connectivity index (χ0v) is 12.1. The van der Waals surface area contributed by atoms with Gasteiger partial charge < -0.3 is 10.4 Å². The highest BCUT2D eigenvalue weighted by atomic mass is 35.5. The summed E-state index contributed by atoms with van der Waals surface area (Å²) in [6.45, 7) is 4.74. The van der Waals surface area contributed by atoms with Crippen LogP contribution in [0.4, 0.5) is 5.69 Å². The molecule has 0 aliphatic carbocycles. The summed E-state index contributed by atoms with van der Waals surface area (Å²) in [5.74, 6) is 0. The Morgan fingerprint density at radius 1 is 1.24 bits per heavy atom. The largest absolute Gasteiger partial charge is 0.396 e. The first-order chi connectivity index (χ1) is 7.91. The zero-order valence-electron chi connectivity index (χ0n) is 9.86. The number of hydrogen-bond donors (Lipinski definition) is 2. The van der Waals surface area contributed by atoms with E-state index < -0.39 is 0 Å². The van der Waals surface area contributed by atoms with Gasteiger partial charge in [-0.1, -0.05) is 48.7 Å². The van der Waals surface area contributed by atoms with Crippen LogP contribution in [0.2, 0.25) is 15.1 Å². The van der Waals surface area contributed by atoms with Gasteiger partial charge in [0.1, 0.15) is 0 Å². The molecule has 5 heteroatoms. The third-order valence-electron chi connectivity index (χ3n) is 2.93. The molecule has 0 aliphatic rings. The molecule has 1 atom stereocenters. The molecule has 1 unspecified atom stereocenters. The van der Waals surface area contributed by atoms with E-state index in [1.54, 1.807) is 12.1 Å². The first-order valence-electron chi connectivity index (χ1n) is 5.41. The van der Waals surface area contributed by atoms with Gasteiger partial charge in [-0.05, 0) is 18.6 Å². The van der Waals surface area contributed by atoms with Crippen LogP contribution >= 0.6 is 34.8 Å². The lowest BCUT2D eigenvalue weighted by Crippen LogP contribution is -2.29. The Morgan fingerprint density at radius 2 is 1.76 bits per heavy atom. The lowest BCUT2D eigenvalue weighted by atomic mass is 9.88. The lowest BCUT2D eigenvalue weighted by Gasteiger charge is -2.27. The first kappa shape index (κ1) is 14.9. The fraction of sp³-hybridized carbons (Fsp3) is 0.500. The van der Waals surface area contributed by atoms with Gasteiger partial charge in [0.2, 0.25) is 0 Å². The monoisotopic (exact) mass is 295 g/mol. The molecule has 0 heterocycles. The Bertz CT molecular complexity index is 368. The summed E-state index contributed by atoms with van der Waals surface area (Å²) in [4.78, 5) is 0.